The molecule has 0 radical (unpaired) electrons. The van der Waals surface area contributed by atoms with Crippen molar-refractivity contribution in [1.82, 2.24) is 9.78 Å². The van der Waals surface area contributed by atoms with Gasteiger partial charge < -0.3 is 0 Å². The molecule has 0 saturated heterocycles. The van der Waals surface area contributed by atoms with E-state index in [0.717, 1.165) is 22.0 Å². The lowest BCUT2D eigenvalue weighted by atomic mass is 10.1. The van der Waals surface area contributed by atoms with Crippen LogP contribution in [0.25, 0.3) is 16.9 Å². The Balaban J connectivity index is 2.12. The molecule has 0 N–H and O–H groups in total. The van der Waals surface area contributed by atoms with E-state index in [4.69, 9.17) is 0 Å². The average Bonchev–Trinajstić information content (AvgIpc) is 2.92. The maximum atomic E-state index is 11.2. The Morgan fingerprint density at radius 1 is 1.05 bits per heavy atom. The first-order valence-corrected chi connectivity index (χ1v) is 6.93. The van der Waals surface area contributed by atoms with Crippen molar-refractivity contribution in [3.05, 3.63) is 70.8 Å². The highest BCUT2D eigenvalue weighted by Gasteiger charge is 2.11. The average molecular weight is 327 g/mol. The Labute approximate surface area is 125 Å². The minimum absolute atomic E-state index is 0.580. The maximum Gasteiger partial charge on any atom is 0.153 e. The molecule has 98 valence electrons. The molecule has 3 rings (SSSR count). The number of aldehydes is 1. The number of rotatable bonds is 3. The van der Waals surface area contributed by atoms with E-state index in [0.29, 0.717) is 11.3 Å². The van der Waals surface area contributed by atoms with Crippen molar-refractivity contribution in [2.45, 2.75) is 0 Å². The van der Waals surface area contributed by atoms with Gasteiger partial charge in [-0.15, -0.1) is 0 Å². The zero-order chi connectivity index (χ0) is 13.9. The number of hydrogen-bond donors (Lipinski definition) is 0. The number of carbonyl (C=O) groups excluding carboxylic acids is 1. The smallest absolute Gasteiger partial charge is 0.153 e. The molecule has 0 aliphatic rings. The van der Waals surface area contributed by atoms with E-state index in [-0.39, 0.29) is 0 Å². The molecule has 1 heterocycles. The molecule has 0 aliphatic carbocycles. The molecule has 20 heavy (non-hydrogen) atoms. The third-order valence-corrected chi connectivity index (χ3v) is 3.48. The molecule has 2 aromatic carbocycles. The van der Waals surface area contributed by atoms with Crippen LogP contribution in [-0.2, 0) is 0 Å². The van der Waals surface area contributed by atoms with Crippen LogP contribution in [0.15, 0.2) is 65.3 Å². The number of carbonyl (C=O) groups is 1. The van der Waals surface area contributed by atoms with Gasteiger partial charge in [0.15, 0.2) is 6.29 Å². The third kappa shape index (κ3) is 2.42. The lowest BCUT2D eigenvalue weighted by Gasteiger charge is -2.01. The van der Waals surface area contributed by atoms with Crippen LogP contribution in [0.1, 0.15) is 10.4 Å². The van der Waals surface area contributed by atoms with Crippen molar-refractivity contribution in [3.8, 4) is 16.9 Å². The first-order valence-electron chi connectivity index (χ1n) is 6.14. The Bertz CT molecular complexity index is 750. The topological polar surface area (TPSA) is 34.9 Å². The van der Waals surface area contributed by atoms with Gasteiger partial charge >= 0.3 is 0 Å². The quantitative estimate of drug-likeness (QED) is 0.679. The monoisotopic (exact) mass is 326 g/mol. The van der Waals surface area contributed by atoms with E-state index in [1.165, 1.54) is 0 Å². The number of hydrogen-bond acceptors (Lipinski definition) is 2. The minimum Gasteiger partial charge on any atom is -0.298 e. The molecule has 0 saturated carbocycles. The summed E-state index contributed by atoms with van der Waals surface area (Å²) in [5.41, 5.74) is 3.12. The molecule has 0 unspecified atom stereocenters. The summed E-state index contributed by atoms with van der Waals surface area (Å²) >= 11 is 3.44. The van der Waals surface area contributed by atoms with Crippen LogP contribution in [0.3, 0.4) is 0 Å². The molecule has 3 aromatic rings. The Kier molecular flexibility index (Phi) is 3.48. The summed E-state index contributed by atoms with van der Waals surface area (Å²) in [5, 5.41) is 4.53. The molecule has 0 amide bonds. The summed E-state index contributed by atoms with van der Waals surface area (Å²) in [6, 6.07) is 17.5. The van der Waals surface area contributed by atoms with Crippen LogP contribution in [0.5, 0.6) is 0 Å². The molecular weight excluding hydrogens is 316 g/mol. The van der Waals surface area contributed by atoms with Crippen molar-refractivity contribution >= 4 is 22.2 Å². The summed E-state index contributed by atoms with van der Waals surface area (Å²) in [5.74, 6) is 0. The number of halogens is 1. The van der Waals surface area contributed by atoms with Gasteiger partial charge in [0.05, 0.1) is 11.3 Å². The first-order chi connectivity index (χ1) is 9.78. The number of nitrogens with zero attached hydrogens (tertiary/aromatic N) is 2. The molecule has 0 atom stereocenters. The summed E-state index contributed by atoms with van der Waals surface area (Å²) in [6.07, 6.45) is 2.58. The summed E-state index contributed by atoms with van der Waals surface area (Å²) in [7, 11) is 0. The van der Waals surface area contributed by atoms with E-state index in [2.05, 4.69) is 21.0 Å². The van der Waals surface area contributed by atoms with Crippen LogP contribution in [0.4, 0.5) is 0 Å². The predicted molar refractivity (Wildman–Crippen MR) is 82.1 cm³/mol. The van der Waals surface area contributed by atoms with E-state index in [1.807, 2.05) is 54.6 Å². The minimum atomic E-state index is 0.580. The van der Waals surface area contributed by atoms with Gasteiger partial charge in [0.2, 0.25) is 0 Å². The SMILES string of the molecule is O=Cc1cn(-c2cccc(Br)c2)nc1-c1ccccc1. The Hall–Kier alpha value is -2.20. The molecule has 4 heteroatoms. The van der Waals surface area contributed by atoms with Crippen LogP contribution >= 0.6 is 15.9 Å². The largest absolute Gasteiger partial charge is 0.298 e. The molecule has 3 nitrogen and oxygen atoms in total. The zero-order valence-corrected chi connectivity index (χ0v) is 12.1. The highest BCUT2D eigenvalue weighted by molar-refractivity contribution is 9.10. The Morgan fingerprint density at radius 3 is 2.55 bits per heavy atom. The van der Waals surface area contributed by atoms with Gasteiger partial charge in [0, 0.05) is 16.2 Å². The summed E-state index contributed by atoms with van der Waals surface area (Å²) < 4.78 is 2.69. The normalized spacial score (nSPS) is 10.4. The standard InChI is InChI=1S/C16H11BrN2O/c17-14-7-4-8-15(9-14)19-10-13(11-20)16(18-19)12-5-2-1-3-6-12/h1-11H. The maximum absolute atomic E-state index is 11.2. The van der Waals surface area contributed by atoms with E-state index >= 15 is 0 Å². The molecular formula is C16H11BrN2O. The zero-order valence-electron chi connectivity index (χ0n) is 10.5. The van der Waals surface area contributed by atoms with Gasteiger partial charge in [-0.1, -0.05) is 52.3 Å². The number of aromatic nitrogens is 2. The van der Waals surface area contributed by atoms with Crippen LogP contribution < -0.4 is 0 Å². The molecule has 0 spiro atoms. The second-order valence-electron chi connectivity index (χ2n) is 4.34. The van der Waals surface area contributed by atoms with Crippen LogP contribution in [0.2, 0.25) is 0 Å². The fourth-order valence-corrected chi connectivity index (χ4v) is 2.43. The molecule has 0 aliphatic heterocycles. The summed E-state index contributed by atoms with van der Waals surface area (Å²) in [4.78, 5) is 11.2. The van der Waals surface area contributed by atoms with Gasteiger partial charge in [-0.25, -0.2) is 4.68 Å². The van der Waals surface area contributed by atoms with Gasteiger partial charge in [-0.2, -0.15) is 5.10 Å². The van der Waals surface area contributed by atoms with Crippen molar-refractivity contribution in [2.24, 2.45) is 0 Å². The van der Waals surface area contributed by atoms with Gasteiger partial charge in [0.1, 0.15) is 5.69 Å². The van der Waals surface area contributed by atoms with Crippen LogP contribution in [-0.4, -0.2) is 16.1 Å². The van der Waals surface area contributed by atoms with E-state index in [9.17, 15) is 4.79 Å². The second kappa shape index (κ2) is 5.43. The van der Waals surface area contributed by atoms with Gasteiger partial charge in [-0.3, -0.25) is 4.79 Å². The van der Waals surface area contributed by atoms with E-state index < -0.39 is 0 Å². The fourth-order valence-electron chi connectivity index (χ4n) is 2.04. The predicted octanol–water partition coefficient (Wildman–Crippen LogP) is 4.11. The van der Waals surface area contributed by atoms with E-state index in [1.54, 1.807) is 10.9 Å². The first kappa shape index (κ1) is 12.8. The highest BCUT2D eigenvalue weighted by Crippen LogP contribution is 2.23. The summed E-state index contributed by atoms with van der Waals surface area (Å²) in [6.45, 7) is 0. The van der Waals surface area contributed by atoms with Crippen molar-refractivity contribution in [2.75, 3.05) is 0 Å². The van der Waals surface area contributed by atoms with Gasteiger partial charge in [0.25, 0.3) is 0 Å². The lowest BCUT2D eigenvalue weighted by Crippen LogP contribution is -1.94. The lowest BCUT2D eigenvalue weighted by molar-refractivity contribution is 0.112. The highest BCUT2D eigenvalue weighted by atomic mass is 79.9. The third-order valence-electron chi connectivity index (χ3n) is 2.99. The van der Waals surface area contributed by atoms with Gasteiger partial charge in [-0.05, 0) is 18.2 Å². The molecule has 1 aromatic heterocycles. The van der Waals surface area contributed by atoms with Crippen molar-refractivity contribution < 1.29 is 4.79 Å². The molecule has 0 bridgehead atoms. The second-order valence-corrected chi connectivity index (χ2v) is 5.26. The Morgan fingerprint density at radius 2 is 1.85 bits per heavy atom. The fraction of sp³-hybridized carbons (Fsp3) is 0. The molecule has 0 fully saturated rings. The van der Waals surface area contributed by atoms with Crippen molar-refractivity contribution in [1.29, 1.82) is 0 Å². The number of benzene rings is 2. The van der Waals surface area contributed by atoms with Crippen LogP contribution in [0, 0.1) is 0 Å². The van der Waals surface area contributed by atoms with Crippen molar-refractivity contribution in [3.63, 3.8) is 0 Å².